The Kier molecular flexibility index (Phi) is 5.58. The van der Waals surface area contributed by atoms with E-state index in [9.17, 15) is 0 Å². The molecule has 0 aliphatic rings. The second kappa shape index (κ2) is 7.42. The molecule has 21 heavy (non-hydrogen) atoms. The first kappa shape index (κ1) is 15.8. The standard InChI is InChI=1S/C20H27N/c1-5-13-21-20(18-12-8-11-17(6-2)14-18)19-15(3)9-7-10-16(19)4/h7-12,14,20-21H,5-6,13H2,1-4H3. The topological polar surface area (TPSA) is 12.0 Å². The third-order valence-electron chi connectivity index (χ3n) is 4.12. The summed E-state index contributed by atoms with van der Waals surface area (Å²) in [5.41, 5.74) is 6.94. The molecule has 0 bridgehead atoms. The molecule has 1 atom stereocenters. The van der Waals surface area contributed by atoms with Gasteiger partial charge >= 0.3 is 0 Å². The van der Waals surface area contributed by atoms with Gasteiger partial charge in [0, 0.05) is 0 Å². The quantitative estimate of drug-likeness (QED) is 0.789. The van der Waals surface area contributed by atoms with Gasteiger partial charge < -0.3 is 5.32 Å². The van der Waals surface area contributed by atoms with Gasteiger partial charge in [0.25, 0.3) is 0 Å². The van der Waals surface area contributed by atoms with Crippen LogP contribution in [0.25, 0.3) is 0 Å². The van der Waals surface area contributed by atoms with Crippen molar-refractivity contribution in [3.8, 4) is 0 Å². The maximum Gasteiger partial charge on any atom is 0.0582 e. The van der Waals surface area contributed by atoms with E-state index in [4.69, 9.17) is 0 Å². The SMILES string of the molecule is CCCNC(c1cccc(CC)c1)c1c(C)cccc1C. The molecule has 0 aliphatic heterocycles. The molecular weight excluding hydrogens is 254 g/mol. The maximum atomic E-state index is 3.73. The van der Waals surface area contributed by atoms with Crippen molar-refractivity contribution in [3.63, 3.8) is 0 Å². The molecule has 0 aromatic heterocycles. The van der Waals surface area contributed by atoms with Gasteiger partial charge in [-0.1, -0.05) is 56.3 Å². The van der Waals surface area contributed by atoms with Gasteiger partial charge in [-0.3, -0.25) is 0 Å². The van der Waals surface area contributed by atoms with Gasteiger partial charge in [-0.25, -0.2) is 0 Å². The summed E-state index contributed by atoms with van der Waals surface area (Å²) < 4.78 is 0. The van der Waals surface area contributed by atoms with Gasteiger partial charge in [-0.2, -0.15) is 0 Å². The van der Waals surface area contributed by atoms with Crippen LogP contribution in [0.4, 0.5) is 0 Å². The monoisotopic (exact) mass is 281 g/mol. The third-order valence-corrected chi connectivity index (χ3v) is 4.12. The van der Waals surface area contributed by atoms with Crippen LogP contribution >= 0.6 is 0 Å². The summed E-state index contributed by atoms with van der Waals surface area (Å²) in [6.07, 6.45) is 2.23. The van der Waals surface area contributed by atoms with Crippen molar-refractivity contribution in [1.29, 1.82) is 0 Å². The molecule has 0 radical (unpaired) electrons. The van der Waals surface area contributed by atoms with E-state index < -0.39 is 0 Å². The van der Waals surface area contributed by atoms with Crippen LogP contribution in [0.1, 0.15) is 54.1 Å². The normalized spacial score (nSPS) is 12.4. The van der Waals surface area contributed by atoms with E-state index in [0.717, 1.165) is 19.4 Å². The second-order valence-electron chi connectivity index (χ2n) is 5.79. The number of hydrogen-bond donors (Lipinski definition) is 1. The lowest BCUT2D eigenvalue weighted by molar-refractivity contribution is 0.593. The number of aryl methyl sites for hydroxylation is 3. The Morgan fingerprint density at radius 2 is 1.62 bits per heavy atom. The fourth-order valence-electron chi connectivity index (χ4n) is 2.95. The molecule has 0 saturated carbocycles. The largest absolute Gasteiger partial charge is 0.306 e. The smallest absolute Gasteiger partial charge is 0.0582 e. The number of rotatable bonds is 6. The lowest BCUT2D eigenvalue weighted by Crippen LogP contribution is -2.24. The molecule has 1 unspecified atom stereocenters. The van der Waals surface area contributed by atoms with E-state index in [1.807, 2.05) is 0 Å². The first-order chi connectivity index (χ1) is 10.2. The Morgan fingerprint density at radius 3 is 2.24 bits per heavy atom. The van der Waals surface area contributed by atoms with Crippen molar-refractivity contribution in [2.75, 3.05) is 6.54 Å². The first-order valence-corrected chi connectivity index (χ1v) is 8.05. The summed E-state index contributed by atoms with van der Waals surface area (Å²) in [5.74, 6) is 0. The average Bonchev–Trinajstić information content (AvgIpc) is 2.50. The highest BCUT2D eigenvalue weighted by Gasteiger charge is 2.17. The molecule has 0 fully saturated rings. The van der Waals surface area contributed by atoms with Crippen LogP contribution in [0.2, 0.25) is 0 Å². The fraction of sp³-hybridized carbons (Fsp3) is 0.400. The zero-order valence-corrected chi connectivity index (χ0v) is 13.7. The highest BCUT2D eigenvalue weighted by atomic mass is 14.9. The van der Waals surface area contributed by atoms with Gasteiger partial charge in [0.1, 0.15) is 0 Å². The molecule has 2 aromatic rings. The van der Waals surface area contributed by atoms with Crippen LogP contribution in [-0.4, -0.2) is 6.54 Å². The van der Waals surface area contributed by atoms with Crippen LogP contribution in [0.5, 0.6) is 0 Å². The zero-order chi connectivity index (χ0) is 15.2. The second-order valence-corrected chi connectivity index (χ2v) is 5.79. The van der Waals surface area contributed by atoms with Crippen molar-refractivity contribution in [2.45, 2.75) is 46.6 Å². The Labute approximate surface area is 129 Å². The molecule has 0 heterocycles. The van der Waals surface area contributed by atoms with Crippen molar-refractivity contribution in [2.24, 2.45) is 0 Å². The number of hydrogen-bond acceptors (Lipinski definition) is 1. The molecule has 0 spiro atoms. The first-order valence-electron chi connectivity index (χ1n) is 8.05. The van der Waals surface area contributed by atoms with Crippen LogP contribution in [0.3, 0.4) is 0 Å². The Bertz CT molecular complexity index is 566. The predicted molar refractivity (Wildman–Crippen MR) is 91.9 cm³/mol. The summed E-state index contributed by atoms with van der Waals surface area (Å²) >= 11 is 0. The molecule has 0 amide bonds. The fourth-order valence-corrected chi connectivity index (χ4v) is 2.95. The van der Waals surface area contributed by atoms with E-state index >= 15 is 0 Å². The minimum atomic E-state index is 0.289. The molecule has 0 aliphatic carbocycles. The van der Waals surface area contributed by atoms with E-state index in [2.05, 4.69) is 75.5 Å². The van der Waals surface area contributed by atoms with Gasteiger partial charge in [0.15, 0.2) is 0 Å². The molecule has 2 rings (SSSR count). The third kappa shape index (κ3) is 3.74. The predicted octanol–water partition coefficient (Wildman–Crippen LogP) is 4.95. The average molecular weight is 281 g/mol. The van der Waals surface area contributed by atoms with Crippen LogP contribution in [-0.2, 0) is 6.42 Å². The highest BCUT2D eigenvalue weighted by molar-refractivity contribution is 5.42. The highest BCUT2D eigenvalue weighted by Crippen LogP contribution is 2.28. The van der Waals surface area contributed by atoms with Gasteiger partial charge in [0.2, 0.25) is 0 Å². The molecule has 1 heteroatoms. The van der Waals surface area contributed by atoms with Crippen LogP contribution < -0.4 is 5.32 Å². The summed E-state index contributed by atoms with van der Waals surface area (Å²) in [5, 5.41) is 3.73. The van der Waals surface area contributed by atoms with Crippen LogP contribution in [0.15, 0.2) is 42.5 Å². The molecule has 1 nitrogen and oxygen atoms in total. The summed E-state index contributed by atoms with van der Waals surface area (Å²) in [7, 11) is 0. The summed E-state index contributed by atoms with van der Waals surface area (Å²) in [6.45, 7) is 9.90. The Hall–Kier alpha value is -1.60. The van der Waals surface area contributed by atoms with Crippen molar-refractivity contribution in [3.05, 3.63) is 70.3 Å². The zero-order valence-electron chi connectivity index (χ0n) is 13.7. The molecule has 0 saturated heterocycles. The number of benzene rings is 2. The molecule has 2 aromatic carbocycles. The lowest BCUT2D eigenvalue weighted by Gasteiger charge is -2.24. The summed E-state index contributed by atoms with van der Waals surface area (Å²) in [6, 6.07) is 15.9. The summed E-state index contributed by atoms with van der Waals surface area (Å²) in [4.78, 5) is 0. The van der Waals surface area contributed by atoms with Crippen molar-refractivity contribution >= 4 is 0 Å². The molecule has 112 valence electrons. The van der Waals surface area contributed by atoms with E-state index in [1.165, 1.54) is 27.8 Å². The molecule has 1 N–H and O–H groups in total. The minimum absolute atomic E-state index is 0.289. The minimum Gasteiger partial charge on any atom is -0.306 e. The van der Waals surface area contributed by atoms with Gasteiger partial charge in [-0.15, -0.1) is 0 Å². The van der Waals surface area contributed by atoms with Gasteiger partial charge in [-0.05, 0) is 61.1 Å². The Balaban J connectivity index is 2.47. The van der Waals surface area contributed by atoms with Crippen molar-refractivity contribution < 1.29 is 0 Å². The maximum absolute atomic E-state index is 3.73. The molecular formula is C20H27N. The lowest BCUT2D eigenvalue weighted by atomic mass is 9.90. The number of nitrogens with one attached hydrogen (secondary N) is 1. The van der Waals surface area contributed by atoms with Crippen molar-refractivity contribution in [1.82, 2.24) is 5.32 Å². The Morgan fingerprint density at radius 1 is 0.952 bits per heavy atom. The van der Waals surface area contributed by atoms with E-state index in [0.29, 0.717) is 0 Å². The van der Waals surface area contributed by atoms with Crippen LogP contribution in [0, 0.1) is 13.8 Å². The van der Waals surface area contributed by atoms with E-state index in [1.54, 1.807) is 0 Å². The van der Waals surface area contributed by atoms with Gasteiger partial charge in [0.05, 0.1) is 6.04 Å². The van der Waals surface area contributed by atoms with E-state index in [-0.39, 0.29) is 6.04 Å².